The molecule has 0 aromatic carbocycles. The first kappa shape index (κ1) is 8.61. The number of fused-ring (bicyclic) bond motifs is 1. The molecule has 0 aromatic rings. The second-order valence-corrected chi connectivity index (χ2v) is 3.83. The topological polar surface area (TPSA) is 3.24 Å². The number of likely N-dealkylation sites (tertiary alicyclic amines) is 1. The molecule has 1 fully saturated rings. The lowest BCUT2D eigenvalue weighted by Gasteiger charge is -2.37. The van der Waals surface area contributed by atoms with Crippen molar-refractivity contribution in [1.29, 1.82) is 0 Å². The van der Waals surface area contributed by atoms with Crippen molar-refractivity contribution in [2.24, 2.45) is 5.92 Å². The van der Waals surface area contributed by atoms with Crippen LogP contribution in [0.2, 0.25) is 0 Å². The fourth-order valence-corrected chi connectivity index (χ4v) is 2.31. The van der Waals surface area contributed by atoms with Crippen LogP contribution in [0.1, 0.15) is 19.3 Å². The summed E-state index contributed by atoms with van der Waals surface area (Å²) < 4.78 is 0. The molecule has 0 amide bonds. The van der Waals surface area contributed by atoms with Gasteiger partial charge in [0.15, 0.2) is 0 Å². The van der Waals surface area contributed by atoms with Crippen molar-refractivity contribution >= 4 is 0 Å². The zero-order chi connectivity index (χ0) is 9.10. The molecule has 70 valence electrons. The van der Waals surface area contributed by atoms with E-state index in [0.29, 0.717) is 0 Å². The van der Waals surface area contributed by atoms with Gasteiger partial charge in [-0.2, -0.15) is 0 Å². The minimum absolute atomic E-state index is 0.790. The summed E-state index contributed by atoms with van der Waals surface area (Å²) in [6.45, 7) is 6.03. The summed E-state index contributed by atoms with van der Waals surface area (Å²) in [5.74, 6) is 0.790. The van der Waals surface area contributed by atoms with Crippen LogP contribution in [-0.2, 0) is 0 Å². The fourth-order valence-electron chi connectivity index (χ4n) is 2.31. The summed E-state index contributed by atoms with van der Waals surface area (Å²) >= 11 is 0. The van der Waals surface area contributed by atoms with Crippen molar-refractivity contribution in [3.63, 3.8) is 0 Å². The number of allylic oxidation sites excluding steroid dienone is 4. The first-order chi connectivity index (χ1) is 6.42. The molecule has 0 aromatic heterocycles. The van der Waals surface area contributed by atoms with Gasteiger partial charge < -0.3 is 4.90 Å². The highest BCUT2D eigenvalue weighted by atomic mass is 15.1. The van der Waals surface area contributed by atoms with E-state index in [1.165, 1.54) is 31.5 Å². The molecule has 1 aliphatic heterocycles. The van der Waals surface area contributed by atoms with Crippen LogP contribution in [0.4, 0.5) is 0 Å². The lowest BCUT2D eigenvalue weighted by atomic mass is 9.88. The molecule has 2 aliphatic rings. The molecule has 1 nitrogen and oxygen atoms in total. The third-order valence-electron chi connectivity index (χ3n) is 2.94. The molecule has 1 atom stereocenters. The highest BCUT2D eigenvalue weighted by Gasteiger charge is 2.23. The van der Waals surface area contributed by atoms with Gasteiger partial charge in [-0.05, 0) is 25.3 Å². The van der Waals surface area contributed by atoms with Crippen LogP contribution >= 0.6 is 0 Å². The maximum atomic E-state index is 3.81. The number of nitrogens with zero attached hydrogens (tertiary/aromatic N) is 1. The Morgan fingerprint density at radius 1 is 1.62 bits per heavy atom. The summed E-state index contributed by atoms with van der Waals surface area (Å²) in [7, 11) is 0. The zero-order valence-corrected chi connectivity index (χ0v) is 8.08. The van der Waals surface area contributed by atoms with Crippen LogP contribution in [0.25, 0.3) is 0 Å². The Morgan fingerprint density at radius 3 is 3.38 bits per heavy atom. The van der Waals surface area contributed by atoms with Gasteiger partial charge in [-0.15, -0.1) is 6.58 Å². The molecule has 1 heteroatoms. The molecule has 0 spiro atoms. The van der Waals surface area contributed by atoms with Crippen molar-refractivity contribution in [3.8, 4) is 0 Å². The standard InChI is InChI=1S/C12H17N/c1-2-9-13-10-5-7-11-6-3-4-8-12(11)13/h2-4,8,11H,1,5-7,9-10H2. The summed E-state index contributed by atoms with van der Waals surface area (Å²) in [6.07, 6.45) is 12.7. The van der Waals surface area contributed by atoms with E-state index < -0.39 is 0 Å². The van der Waals surface area contributed by atoms with Gasteiger partial charge in [-0.25, -0.2) is 0 Å². The summed E-state index contributed by atoms with van der Waals surface area (Å²) in [4.78, 5) is 2.46. The second kappa shape index (κ2) is 3.82. The van der Waals surface area contributed by atoms with E-state index in [0.717, 1.165) is 12.5 Å². The molecule has 1 heterocycles. The van der Waals surface area contributed by atoms with Gasteiger partial charge in [0, 0.05) is 24.7 Å². The third-order valence-corrected chi connectivity index (χ3v) is 2.94. The van der Waals surface area contributed by atoms with Crippen molar-refractivity contribution in [2.75, 3.05) is 13.1 Å². The van der Waals surface area contributed by atoms with Crippen molar-refractivity contribution in [1.82, 2.24) is 4.90 Å². The van der Waals surface area contributed by atoms with Gasteiger partial charge in [0.25, 0.3) is 0 Å². The monoisotopic (exact) mass is 175 g/mol. The Bertz CT molecular complexity index is 250. The molecule has 1 aliphatic carbocycles. The van der Waals surface area contributed by atoms with E-state index in [2.05, 4.69) is 29.7 Å². The highest BCUT2D eigenvalue weighted by molar-refractivity contribution is 5.22. The van der Waals surface area contributed by atoms with Gasteiger partial charge in [0.1, 0.15) is 0 Å². The second-order valence-electron chi connectivity index (χ2n) is 3.83. The van der Waals surface area contributed by atoms with Crippen molar-refractivity contribution < 1.29 is 0 Å². The smallest absolute Gasteiger partial charge is 0.0354 e. The number of piperidine rings is 1. The normalized spacial score (nSPS) is 26.6. The van der Waals surface area contributed by atoms with E-state index in [1.54, 1.807) is 0 Å². The molecular weight excluding hydrogens is 158 g/mol. The van der Waals surface area contributed by atoms with Crippen LogP contribution in [0, 0.1) is 5.92 Å². The van der Waals surface area contributed by atoms with Crippen LogP contribution in [0.3, 0.4) is 0 Å². The molecular formula is C12H17N. The quantitative estimate of drug-likeness (QED) is 0.583. The number of rotatable bonds is 2. The van der Waals surface area contributed by atoms with Gasteiger partial charge in [0.2, 0.25) is 0 Å². The average Bonchev–Trinajstić information content (AvgIpc) is 2.19. The molecule has 1 saturated heterocycles. The number of hydrogen-bond donors (Lipinski definition) is 0. The molecule has 2 rings (SSSR count). The van der Waals surface area contributed by atoms with E-state index in [-0.39, 0.29) is 0 Å². The minimum Gasteiger partial charge on any atom is -0.371 e. The van der Waals surface area contributed by atoms with Gasteiger partial charge in [0.05, 0.1) is 0 Å². The van der Waals surface area contributed by atoms with Crippen LogP contribution in [-0.4, -0.2) is 18.0 Å². The predicted octanol–water partition coefficient (Wildman–Crippen LogP) is 2.73. The summed E-state index contributed by atoms with van der Waals surface area (Å²) in [5.41, 5.74) is 1.54. The van der Waals surface area contributed by atoms with Crippen molar-refractivity contribution in [3.05, 3.63) is 36.6 Å². The Balaban J connectivity index is 2.14. The van der Waals surface area contributed by atoms with E-state index >= 15 is 0 Å². The lowest BCUT2D eigenvalue weighted by molar-refractivity contribution is 0.259. The SMILES string of the molecule is C=CCN1CCCC2CC=CC=C21. The average molecular weight is 175 g/mol. The molecule has 0 bridgehead atoms. The Kier molecular flexibility index (Phi) is 2.53. The molecule has 0 saturated carbocycles. The Labute approximate surface area is 80.4 Å². The maximum Gasteiger partial charge on any atom is 0.0354 e. The van der Waals surface area contributed by atoms with Crippen LogP contribution in [0.15, 0.2) is 36.6 Å². The first-order valence-electron chi connectivity index (χ1n) is 5.14. The molecule has 0 N–H and O–H groups in total. The predicted molar refractivity (Wildman–Crippen MR) is 56.3 cm³/mol. The minimum atomic E-state index is 0.790. The van der Waals surface area contributed by atoms with E-state index in [1.807, 2.05) is 6.08 Å². The summed E-state index contributed by atoms with van der Waals surface area (Å²) in [6, 6.07) is 0. The van der Waals surface area contributed by atoms with E-state index in [9.17, 15) is 0 Å². The Morgan fingerprint density at radius 2 is 2.54 bits per heavy atom. The third kappa shape index (κ3) is 1.69. The maximum absolute atomic E-state index is 3.81. The summed E-state index contributed by atoms with van der Waals surface area (Å²) in [5, 5.41) is 0. The zero-order valence-electron chi connectivity index (χ0n) is 8.08. The van der Waals surface area contributed by atoms with Gasteiger partial charge in [-0.3, -0.25) is 0 Å². The Hall–Kier alpha value is -0.980. The van der Waals surface area contributed by atoms with E-state index in [4.69, 9.17) is 0 Å². The highest BCUT2D eigenvalue weighted by Crippen LogP contribution is 2.31. The van der Waals surface area contributed by atoms with Gasteiger partial charge in [-0.1, -0.05) is 18.2 Å². The lowest BCUT2D eigenvalue weighted by Crippen LogP contribution is -2.33. The molecule has 0 radical (unpaired) electrons. The fraction of sp³-hybridized carbons (Fsp3) is 0.500. The largest absolute Gasteiger partial charge is 0.371 e. The molecule has 1 unspecified atom stereocenters. The first-order valence-corrected chi connectivity index (χ1v) is 5.14. The number of hydrogen-bond acceptors (Lipinski definition) is 1. The van der Waals surface area contributed by atoms with Crippen LogP contribution in [0.5, 0.6) is 0 Å². The molecule has 13 heavy (non-hydrogen) atoms. The van der Waals surface area contributed by atoms with Crippen molar-refractivity contribution in [2.45, 2.75) is 19.3 Å². The van der Waals surface area contributed by atoms with Gasteiger partial charge >= 0.3 is 0 Å². The van der Waals surface area contributed by atoms with Crippen LogP contribution < -0.4 is 0 Å².